The first kappa shape index (κ1) is 14.6. The Morgan fingerprint density at radius 3 is 2.05 bits per heavy atom. The first-order valence-corrected chi connectivity index (χ1v) is 8.11. The summed E-state index contributed by atoms with van der Waals surface area (Å²) in [6.07, 6.45) is 0. The van der Waals surface area contributed by atoms with Crippen LogP contribution in [0.5, 0.6) is 0 Å². The molecule has 0 aliphatic carbocycles. The highest BCUT2D eigenvalue weighted by Gasteiger charge is 2.06. The summed E-state index contributed by atoms with van der Waals surface area (Å²) in [6, 6.07) is 24.1. The summed E-state index contributed by atoms with van der Waals surface area (Å²) < 4.78 is 2.74. The van der Waals surface area contributed by atoms with Crippen LogP contribution in [0.25, 0.3) is 31.3 Å². The predicted octanol–water partition coefficient (Wildman–Crippen LogP) is 6.83. The highest BCUT2D eigenvalue weighted by Crippen LogP contribution is 2.36. The van der Waals surface area contributed by atoms with Crippen LogP contribution in [0.15, 0.2) is 79.9 Å². The van der Waals surface area contributed by atoms with Gasteiger partial charge in [-0.1, -0.05) is 48.0 Å². The van der Waals surface area contributed by atoms with Crippen LogP contribution >= 0.6 is 11.3 Å². The molecule has 0 N–H and O–H groups in total. The van der Waals surface area contributed by atoms with Crippen LogP contribution in [0.1, 0.15) is 5.56 Å². The molecule has 4 rings (SSSR count). The standard InChI is InChI=1S/C19H14S.C2H4/c1-13-7-9-18-16(11-13)17-12-15(8-10-19(17)20-18)14-5-3-2-4-6-14;1-2/h2-12H,1H3;1-2H2. The third-order valence-corrected chi connectivity index (χ3v) is 4.88. The van der Waals surface area contributed by atoms with Gasteiger partial charge in [0.2, 0.25) is 0 Å². The molecule has 0 aliphatic heterocycles. The zero-order chi connectivity index (χ0) is 15.5. The number of hydrogen-bond donors (Lipinski definition) is 0. The van der Waals surface area contributed by atoms with E-state index in [2.05, 4.69) is 86.8 Å². The first-order chi connectivity index (χ1) is 10.8. The van der Waals surface area contributed by atoms with Gasteiger partial charge in [0.05, 0.1) is 0 Å². The summed E-state index contributed by atoms with van der Waals surface area (Å²) in [6.45, 7) is 8.16. The third-order valence-electron chi connectivity index (χ3n) is 3.73. The zero-order valence-electron chi connectivity index (χ0n) is 12.7. The molecule has 3 aromatic carbocycles. The van der Waals surface area contributed by atoms with Gasteiger partial charge in [-0.05, 0) is 42.3 Å². The van der Waals surface area contributed by atoms with E-state index in [1.807, 2.05) is 11.3 Å². The van der Waals surface area contributed by atoms with Gasteiger partial charge in [0, 0.05) is 20.2 Å². The Morgan fingerprint density at radius 1 is 0.682 bits per heavy atom. The van der Waals surface area contributed by atoms with E-state index in [1.54, 1.807) is 0 Å². The lowest BCUT2D eigenvalue weighted by molar-refractivity contribution is 1.52. The van der Waals surface area contributed by atoms with Crippen LogP contribution in [-0.4, -0.2) is 0 Å². The highest BCUT2D eigenvalue weighted by molar-refractivity contribution is 7.25. The molecule has 0 amide bonds. The SMILES string of the molecule is C=C.Cc1ccc2sc3ccc(-c4ccccc4)cc3c2c1. The molecule has 1 aromatic heterocycles. The fourth-order valence-corrected chi connectivity index (χ4v) is 3.77. The van der Waals surface area contributed by atoms with Gasteiger partial charge in [-0.3, -0.25) is 0 Å². The Balaban J connectivity index is 0.000000693. The molecule has 0 radical (unpaired) electrons. The number of thiophene rings is 1. The maximum atomic E-state index is 3.00. The van der Waals surface area contributed by atoms with E-state index >= 15 is 0 Å². The quantitative estimate of drug-likeness (QED) is 0.338. The number of aryl methyl sites for hydroxylation is 1. The fourth-order valence-electron chi connectivity index (χ4n) is 2.70. The maximum absolute atomic E-state index is 3.00. The van der Waals surface area contributed by atoms with E-state index in [0.717, 1.165) is 0 Å². The van der Waals surface area contributed by atoms with Crippen molar-refractivity contribution in [2.45, 2.75) is 6.92 Å². The summed E-state index contributed by atoms with van der Waals surface area (Å²) in [5.74, 6) is 0. The van der Waals surface area contributed by atoms with Crippen molar-refractivity contribution in [3.05, 3.63) is 85.5 Å². The van der Waals surface area contributed by atoms with Crippen molar-refractivity contribution in [1.82, 2.24) is 0 Å². The molecule has 1 heteroatoms. The minimum Gasteiger partial charge on any atom is -0.135 e. The zero-order valence-corrected chi connectivity index (χ0v) is 13.5. The molecule has 0 spiro atoms. The molecule has 1 heterocycles. The fraction of sp³-hybridized carbons (Fsp3) is 0.0476. The van der Waals surface area contributed by atoms with Gasteiger partial charge in [-0.15, -0.1) is 24.5 Å². The molecule has 22 heavy (non-hydrogen) atoms. The highest BCUT2D eigenvalue weighted by atomic mass is 32.1. The largest absolute Gasteiger partial charge is 0.135 e. The van der Waals surface area contributed by atoms with Crippen LogP contribution in [0.3, 0.4) is 0 Å². The Kier molecular flexibility index (Phi) is 4.08. The summed E-state index contributed by atoms with van der Waals surface area (Å²) >= 11 is 1.87. The number of fused-ring (bicyclic) bond motifs is 3. The monoisotopic (exact) mass is 302 g/mol. The van der Waals surface area contributed by atoms with E-state index in [-0.39, 0.29) is 0 Å². The lowest BCUT2D eigenvalue weighted by Gasteiger charge is -2.02. The Morgan fingerprint density at radius 2 is 1.32 bits per heavy atom. The summed E-state index contributed by atoms with van der Waals surface area (Å²) in [5.41, 5.74) is 3.89. The molecule has 0 unspecified atom stereocenters. The molecular formula is C21H18S. The minimum absolute atomic E-state index is 1.28. The van der Waals surface area contributed by atoms with Gasteiger partial charge in [0.1, 0.15) is 0 Å². The molecule has 0 fully saturated rings. The normalized spacial score (nSPS) is 10.4. The van der Waals surface area contributed by atoms with Crippen LogP contribution < -0.4 is 0 Å². The molecule has 4 aromatic rings. The van der Waals surface area contributed by atoms with Gasteiger partial charge in [-0.2, -0.15) is 0 Å². The van der Waals surface area contributed by atoms with Crippen molar-refractivity contribution in [3.8, 4) is 11.1 Å². The van der Waals surface area contributed by atoms with E-state index in [1.165, 1.54) is 36.9 Å². The van der Waals surface area contributed by atoms with Crippen molar-refractivity contribution in [3.63, 3.8) is 0 Å². The second-order valence-electron chi connectivity index (χ2n) is 5.18. The summed E-state index contributed by atoms with van der Waals surface area (Å²) in [7, 11) is 0. The third kappa shape index (κ3) is 2.56. The van der Waals surface area contributed by atoms with Gasteiger partial charge in [0.15, 0.2) is 0 Å². The van der Waals surface area contributed by atoms with Crippen LogP contribution in [-0.2, 0) is 0 Å². The topological polar surface area (TPSA) is 0 Å². The number of rotatable bonds is 1. The van der Waals surface area contributed by atoms with Gasteiger partial charge in [-0.25, -0.2) is 0 Å². The van der Waals surface area contributed by atoms with Gasteiger partial charge >= 0.3 is 0 Å². The second kappa shape index (κ2) is 6.17. The van der Waals surface area contributed by atoms with Crippen LogP contribution in [0.4, 0.5) is 0 Å². The summed E-state index contributed by atoms with van der Waals surface area (Å²) in [5, 5.41) is 2.75. The molecule has 0 saturated heterocycles. The van der Waals surface area contributed by atoms with Crippen LogP contribution in [0, 0.1) is 6.92 Å². The maximum Gasteiger partial charge on any atom is 0.0355 e. The van der Waals surface area contributed by atoms with E-state index in [0.29, 0.717) is 0 Å². The lowest BCUT2D eigenvalue weighted by Crippen LogP contribution is -1.76. The van der Waals surface area contributed by atoms with Crippen molar-refractivity contribution < 1.29 is 0 Å². The molecule has 108 valence electrons. The molecule has 0 nitrogen and oxygen atoms in total. The number of benzene rings is 3. The Hall–Kier alpha value is -2.38. The average Bonchev–Trinajstić information content (AvgIpc) is 2.94. The van der Waals surface area contributed by atoms with Crippen LogP contribution in [0.2, 0.25) is 0 Å². The van der Waals surface area contributed by atoms with Crippen molar-refractivity contribution in [1.29, 1.82) is 0 Å². The lowest BCUT2D eigenvalue weighted by atomic mass is 10.0. The van der Waals surface area contributed by atoms with E-state index in [4.69, 9.17) is 0 Å². The molecule has 0 bridgehead atoms. The van der Waals surface area contributed by atoms with Crippen molar-refractivity contribution >= 4 is 31.5 Å². The Bertz CT molecular complexity index is 917. The molecule has 0 aliphatic rings. The average molecular weight is 302 g/mol. The molecule has 0 atom stereocenters. The van der Waals surface area contributed by atoms with E-state index in [9.17, 15) is 0 Å². The smallest absolute Gasteiger partial charge is 0.0355 e. The predicted molar refractivity (Wildman–Crippen MR) is 101 cm³/mol. The van der Waals surface area contributed by atoms with Crippen molar-refractivity contribution in [2.75, 3.05) is 0 Å². The first-order valence-electron chi connectivity index (χ1n) is 7.29. The van der Waals surface area contributed by atoms with Gasteiger partial charge in [0.25, 0.3) is 0 Å². The summed E-state index contributed by atoms with van der Waals surface area (Å²) in [4.78, 5) is 0. The van der Waals surface area contributed by atoms with Gasteiger partial charge < -0.3 is 0 Å². The van der Waals surface area contributed by atoms with Crippen molar-refractivity contribution in [2.24, 2.45) is 0 Å². The molecule has 0 saturated carbocycles. The molecular weight excluding hydrogens is 284 g/mol. The van der Waals surface area contributed by atoms with E-state index < -0.39 is 0 Å². The Labute approximate surface area is 135 Å². The number of hydrogen-bond acceptors (Lipinski definition) is 1. The second-order valence-corrected chi connectivity index (χ2v) is 6.26. The minimum atomic E-state index is 1.28.